The highest BCUT2D eigenvalue weighted by molar-refractivity contribution is 5.76. The molecule has 2 rings (SSSR count). The average Bonchev–Trinajstić information content (AvgIpc) is 2.63. The fourth-order valence-electron chi connectivity index (χ4n) is 2.58. The van der Waals surface area contributed by atoms with E-state index in [1.54, 1.807) is 0 Å². The van der Waals surface area contributed by atoms with E-state index in [-0.39, 0.29) is 5.91 Å². The Bertz CT molecular complexity index is 607. The third-order valence-electron chi connectivity index (χ3n) is 4.01. The standard InChI is InChI=1S/C20H27N3O/c1-3-23(4-2)19-12-10-18(11-13-19)21-15-14-20(24)22-16-17-8-6-5-7-9-17/h5-13,21H,3-4,14-16H2,1-2H3,(H,22,24). The van der Waals surface area contributed by atoms with Gasteiger partial charge in [-0.3, -0.25) is 4.79 Å². The summed E-state index contributed by atoms with van der Waals surface area (Å²) in [5, 5.41) is 6.24. The highest BCUT2D eigenvalue weighted by Crippen LogP contribution is 2.17. The Hall–Kier alpha value is -2.49. The van der Waals surface area contributed by atoms with Crippen molar-refractivity contribution in [1.29, 1.82) is 0 Å². The second-order valence-corrected chi connectivity index (χ2v) is 5.66. The third kappa shape index (κ3) is 5.61. The number of anilines is 2. The van der Waals surface area contributed by atoms with E-state index >= 15 is 0 Å². The molecule has 24 heavy (non-hydrogen) atoms. The van der Waals surface area contributed by atoms with Gasteiger partial charge >= 0.3 is 0 Å². The van der Waals surface area contributed by atoms with Crippen LogP contribution in [0.4, 0.5) is 11.4 Å². The molecule has 2 aromatic rings. The molecule has 0 unspecified atom stereocenters. The molecule has 0 aromatic heterocycles. The normalized spacial score (nSPS) is 10.2. The number of nitrogens with one attached hydrogen (secondary N) is 2. The lowest BCUT2D eigenvalue weighted by atomic mass is 10.2. The first-order valence-electron chi connectivity index (χ1n) is 8.62. The van der Waals surface area contributed by atoms with Crippen LogP contribution in [0.2, 0.25) is 0 Å². The fourth-order valence-corrected chi connectivity index (χ4v) is 2.58. The Morgan fingerprint density at radius 3 is 2.25 bits per heavy atom. The van der Waals surface area contributed by atoms with Crippen molar-refractivity contribution in [2.24, 2.45) is 0 Å². The van der Waals surface area contributed by atoms with Crippen molar-refractivity contribution in [2.45, 2.75) is 26.8 Å². The van der Waals surface area contributed by atoms with Gasteiger partial charge in [-0.1, -0.05) is 30.3 Å². The molecule has 2 N–H and O–H groups in total. The summed E-state index contributed by atoms with van der Waals surface area (Å²) in [5.41, 5.74) is 3.39. The van der Waals surface area contributed by atoms with Crippen molar-refractivity contribution in [3.8, 4) is 0 Å². The van der Waals surface area contributed by atoms with Crippen molar-refractivity contribution < 1.29 is 4.79 Å². The van der Waals surface area contributed by atoms with E-state index in [1.165, 1.54) is 5.69 Å². The van der Waals surface area contributed by atoms with Gasteiger partial charge in [-0.05, 0) is 43.7 Å². The third-order valence-corrected chi connectivity index (χ3v) is 4.01. The molecular formula is C20H27N3O. The highest BCUT2D eigenvalue weighted by Gasteiger charge is 2.03. The van der Waals surface area contributed by atoms with Crippen LogP contribution in [0.25, 0.3) is 0 Å². The van der Waals surface area contributed by atoms with Gasteiger partial charge in [0.1, 0.15) is 0 Å². The number of hydrogen-bond donors (Lipinski definition) is 2. The predicted molar refractivity (Wildman–Crippen MR) is 101 cm³/mol. The van der Waals surface area contributed by atoms with Gasteiger partial charge in [0, 0.05) is 44.0 Å². The summed E-state index contributed by atoms with van der Waals surface area (Å²) in [5.74, 6) is 0.0612. The summed E-state index contributed by atoms with van der Waals surface area (Å²) in [4.78, 5) is 14.2. The van der Waals surface area contributed by atoms with Crippen LogP contribution in [0.5, 0.6) is 0 Å². The molecule has 0 aliphatic carbocycles. The van der Waals surface area contributed by atoms with Crippen molar-refractivity contribution >= 4 is 17.3 Å². The molecule has 0 fully saturated rings. The Labute approximate surface area is 144 Å². The van der Waals surface area contributed by atoms with Crippen LogP contribution in [0.1, 0.15) is 25.8 Å². The summed E-state index contributed by atoms with van der Waals surface area (Å²) in [6.45, 7) is 7.53. The van der Waals surface area contributed by atoms with Crippen LogP contribution in [-0.2, 0) is 11.3 Å². The van der Waals surface area contributed by atoms with Crippen molar-refractivity contribution in [1.82, 2.24) is 5.32 Å². The lowest BCUT2D eigenvalue weighted by Crippen LogP contribution is -2.24. The van der Waals surface area contributed by atoms with Crippen molar-refractivity contribution in [2.75, 3.05) is 29.9 Å². The van der Waals surface area contributed by atoms with Gasteiger partial charge in [-0.15, -0.1) is 0 Å². The Kier molecular flexibility index (Phi) is 7.15. The van der Waals surface area contributed by atoms with Crippen LogP contribution in [-0.4, -0.2) is 25.5 Å². The molecule has 0 atom stereocenters. The van der Waals surface area contributed by atoms with Crippen LogP contribution in [0.3, 0.4) is 0 Å². The molecular weight excluding hydrogens is 298 g/mol. The summed E-state index contributed by atoms with van der Waals surface area (Å²) in [7, 11) is 0. The number of carbonyl (C=O) groups is 1. The molecule has 0 aliphatic heterocycles. The second kappa shape index (κ2) is 9.60. The lowest BCUT2D eigenvalue weighted by molar-refractivity contribution is -0.121. The maximum atomic E-state index is 11.9. The molecule has 0 saturated heterocycles. The average molecular weight is 325 g/mol. The van der Waals surface area contributed by atoms with Gasteiger partial charge in [0.25, 0.3) is 0 Å². The smallest absolute Gasteiger partial charge is 0.222 e. The molecule has 0 spiro atoms. The van der Waals surface area contributed by atoms with Gasteiger partial charge < -0.3 is 15.5 Å². The van der Waals surface area contributed by atoms with E-state index in [0.29, 0.717) is 19.5 Å². The number of hydrogen-bond acceptors (Lipinski definition) is 3. The number of benzene rings is 2. The number of carbonyl (C=O) groups excluding carboxylic acids is 1. The van der Waals surface area contributed by atoms with Gasteiger partial charge in [-0.25, -0.2) is 0 Å². The first-order valence-corrected chi connectivity index (χ1v) is 8.62. The van der Waals surface area contributed by atoms with E-state index in [4.69, 9.17) is 0 Å². The molecule has 1 amide bonds. The molecule has 128 valence electrons. The number of nitrogens with zero attached hydrogens (tertiary/aromatic N) is 1. The number of amides is 1. The zero-order valence-corrected chi connectivity index (χ0v) is 14.6. The maximum Gasteiger partial charge on any atom is 0.222 e. The molecule has 2 aromatic carbocycles. The maximum absolute atomic E-state index is 11.9. The van der Waals surface area contributed by atoms with E-state index in [9.17, 15) is 4.79 Å². The fraction of sp³-hybridized carbons (Fsp3) is 0.350. The van der Waals surface area contributed by atoms with Gasteiger partial charge in [-0.2, -0.15) is 0 Å². The lowest BCUT2D eigenvalue weighted by Gasteiger charge is -2.21. The SMILES string of the molecule is CCN(CC)c1ccc(NCCC(=O)NCc2ccccc2)cc1. The van der Waals surface area contributed by atoms with Crippen molar-refractivity contribution in [3.63, 3.8) is 0 Å². The molecule has 0 bridgehead atoms. The largest absolute Gasteiger partial charge is 0.385 e. The Morgan fingerprint density at radius 2 is 1.62 bits per heavy atom. The van der Waals surface area contributed by atoms with E-state index in [1.807, 2.05) is 30.3 Å². The van der Waals surface area contributed by atoms with Gasteiger partial charge in [0.2, 0.25) is 5.91 Å². The first kappa shape index (κ1) is 17.9. The monoisotopic (exact) mass is 325 g/mol. The summed E-state index contributed by atoms with van der Waals surface area (Å²) >= 11 is 0. The quantitative estimate of drug-likeness (QED) is 0.739. The minimum atomic E-state index is 0.0612. The minimum absolute atomic E-state index is 0.0612. The molecule has 0 radical (unpaired) electrons. The van der Waals surface area contributed by atoms with Crippen molar-refractivity contribution in [3.05, 3.63) is 60.2 Å². The molecule has 0 heterocycles. The zero-order chi connectivity index (χ0) is 17.2. The summed E-state index contributed by atoms with van der Waals surface area (Å²) in [6, 6.07) is 18.3. The first-order chi connectivity index (χ1) is 11.7. The zero-order valence-electron chi connectivity index (χ0n) is 14.6. The van der Waals surface area contributed by atoms with E-state index < -0.39 is 0 Å². The Morgan fingerprint density at radius 1 is 0.958 bits per heavy atom. The molecule has 0 aliphatic rings. The summed E-state index contributed by atoms with van der Waals surface area (Å²) in [6.07, 6.45) is 0.463. The Balaban J connectivity index is 1.70. The van der Waals surface area contributed by atoms with Gasteiger partial charge in [0.05, 0.1) is 0 Å². The summed E-state index contributed by atoms with van der Waals surface area (Å²) < 4.78 is 0. The molecule has 4 nitrogen and oxygen atoms in total. The van der Waals surface area contributed by atoms with Crippen LogP contribution in [0, 0.1) is 0 Å². The molecule has 4 heteroatoms. The predicted octanol–water partition coefficient (Wildman–Crippen LogP) is 3.65. The minimum Gasteiger partial charge on any atom is -0.385 e. The van der Waals surface area contributed by atoms with Gasteiger partial charge in [0.15, 0.2) is 0 Å². The van der Waals surface area contributed by atoms with E-state index in [2.05, 4.69) is 53.6 Å². The van der Waals surface area contributed by atoms with Crippen LogP contribution < -0.4 is 15.5 Å². The molecule has 0 saturated carbocycles. The highest BCUT2D eigenvalue weighted by atomic mass is 16.1. The van der Waals surface area contributed by atoms with Crippen LogP contribution in [0.15, 0.2) is 54.6 Å². The topological polar surface area (TPSA) is 44.4 Å². The van der Waals surface area contributed by atoms with Crippen LogP contribution >= 0.6 is 0 Å². The van der Waals surface area contributed by atoms with E-state index in [0.717, 1.165) is 24.3 Å². The number of rotatable bonds is 9. The second-order valence-electron chi connectivity index (χ2n) is 5.66.